The second-order valence-corrected chi connectivity index (χ2v) is 7.13. The number of carbonyl (C=O) groups is 1. The van der Waals surface area contributed by atoms with Crippen LogP contribution in [0.2, 0.25) is 0 Å². The van der Waals surface area contributed by atoms with Crippen LogP contribution in [0.3, 0.4) is 0 Å². The van der Waals surface area contributed by atoms with Crippen LogP contribution < -0.4 is 5.32 Å². The molecule has 1 fully saturated rings. The highest BCUT2D eigenvalue weighted by molar-refractivity contribution is 7.15. The van der Waals surface area contributed by atoms with Gasteiger partial charge in [-0.3, -0.25) is 10.1 Å². The molecule has 0 unspecified atom stereocenters. The van der Waals surface area contributed by atoms with Crippen LogP contribution in [0.25, 0.3) is 0 Å². The third kappa shape index (κ3) is 5.54. The molecular formula is C17H17F3N2O2S. The Kier molecular flexibility index (Phi) is 5.39. The van der Waals surface area contributed by atoms with E-state index in [1.54, 1.807) is 12.3 Å². The summed E-state index contributed by atoms with van der Waals surface area (Å²) >= 11 is 1.24. The van der Waals surface area contributed by atoms with Gasteiger partial charge in [0.2, 0.25) is 0 Å². The maximum Gasteiger partial charge on any atom is 0.416 e. The normalized spacial score (nSPS) is 14.5. The van der Waals surface area contributed by atoms with E-state index in [1.807, 2.05) is 0 Å². The highest BCUT2D eigenvalue weighted by atomic mass is 32.1. The van der Waals surface area contributed by atoms with Crippen molar-refractivity contribution in [2.45, 2.75) is 25.4 Å². The van der Waals surface area contributed by atoms with Crippen molar-refractivity contribution >= 4 is 22.4 Å². The van der Waals surface area contributed by atoms with E-state index in [0.29, 0.717) is 29.6 Å². The zero-order valence-electron chi connectivity index (χ0n) is 13.3. The molecule has 25 heavy (non-hydrogen) atoms. The number of nitrogens with zero attached hydrogens (tertiary/aromatic N) is 1. The van der Waals surface area contributed by atoms with Gasteiger partial charge in [0, 0.05) is 17.5 Å². The van der Waals surface area contributed by atoms with Crippen LogP contribution >= 0.6 is 11.3 Å². The number of ether oxygens (including phenoxy) is 1. The summed E-state index contributed by atoms with van der Waals surface area (Å²) in [5, 5.41) is 3.06. The fourth-order valence-electron chi connectivity index (χ4n) is 2.26. The van der Waals surface area contributed by atoms with Crippen molar-refractivity contribution in [1.82, 2.24) is 4.98 Å². The number of hydrogen-bond acceptors (Lipinski definition) is 4. The van der Waals surface area contributed by atoms with E-state index in [1.165, 1.54) is 17.4 Å². The van der Waals surface area contributed by atoms with Gasteiger partial charge in [-0.1, -0.05) is 18.2 Å². The molecule has 2 aromatic rings. The largest absolute Gasteiger partial charge is 0.416 e. The number of halogens is 3. The molecule has 4 nitrogen and oxygen atoms in total. The van der Waals surface area contributed by atoms with E-state index < -0.39 is 11.7 Å². The first-order valence-electron chi connectivity index (χ1n) is 7.88. The van der Waals surface area contributed by atoms with Crippen LogP contribution in [0.4, 0.5) is 18.3 Å². The molecule has 0 aliphatic heterocycles. The van der Waals surface area contributed by atoms with Gasteiger partial charge in [-0.2, -0.15) is 13.2 Å². The van der Waals surface area contributed by atoms with Gasteiger partial charge in [-0.05, 0) is 30.4 Å². The third-order valence-corrected chi connectivity index (χ3v) is 4.63. The molecule has 1 saturated carbocycles. The first-order chi connectivity index (χ1) is 11.9. The number of benzene rings is 1. The predicted octanol–water partition coefficient (Wildman–Crippen LogP) is 4.12. The molecule has 1 aliphatic rings. The molecule has 1 aromatic carbocycles. The zero-order valence-corrected chi connectivity index (χ0v) is 14.1. The van der Waals surface area contributed by atoms with Gasteiger partial charge in [0.25, 0.3) is 5.91 Å². The van der Waals surface area contributed by atoms with Crippen LogP contribution in [-0.4, -0.2) is 24.1 Å². The van der Waals surface area contributed by atoms with Crippen LogP contribution in [0.15, 0.2) is 30.5 Å². The fourth-order valence-corrected chi connectivity index (χ4v) is 3.13. The van der Waals surface area contributed by atoms with Crippen molar-refractivity contribution in [3.8, 4) is 0 Å². The van der Waals surface area contributed by atoms with Crippen LogP contribution in [-0.2, 0) is 22.1 Å². The molecule has 3 rings (SSSR count). The fraction of sp³-hybridized carbons (Fsp3) is 0.412. The lowest BCUT2D eigenvalue weighted by Gasteiger charge is -2.07. The smallest absolute Gasteiger partial charge is 0.371 e. The van der Waals surface area contributed by atoms with Gasteiger partial charge in [0.05, 0.1) is 12.2 Å². The molecule has 1 aromatic heterocycles. The maximum atomic E-state index is 12.7. The lowest BCUT2D eigenvalue weighted by atomic mass is 10.1. The number of nitrogens with one attached hydrogen (secondary N) is 1. The number of aromatic nitrogens is 1. The Morgan fingerprint density at radius 1 is 1.36 bits per heavy atom. The lowest BCUT2D eigenvalue weighted by molar-refractivity contribution is -0.137. The van der Waals surface area contributed by atoms with E-state index in [0.717, 1.165) is 29.9 Å². The third-order valence-electron chi connectivity index (χ3n) is 3.72. The van der Waals surface area contributed by atoms with Crippen molar-refractivity contribution in [1.29, 1.82) is 0 Å². The SMILES string of the molecule is O=C(COCC1CC1)Nc1ncc(Cc2cccc(C(F)(F)F)c2)s1. The minimum absolute atomic E-state index is 0.0148. The molecule has 1 heterocycles. The number of carbonyl (C=O) groups excluding carboxylic acids is 1. The van der Waals surface area contributed by atoms with Gasteiger partial charge >= 0.3 is 6.18 Å². The van der Waals surface area contributed by atoms with Crippen molar-refractivity contribution in [2.24, 2.45) is 5.92 Å². The Hall–Kier alpha value is -1.93. The number of amides is 1. The molecule has 0 radical (unpaired) electrons. The Morgan fingerprint density at radius 2 is 2.16 bits per heavy atom. The Bertz CT molecular complexity index is 741. The quantitative estimate of drug-likeness (QED) is 0.798. The van der Waals surface area contributed by atoms with Gasteiger partial charge < -0.3 is 4.74 Å². The molecule has 0 bridgehead atoms. The number of thiazole rings is 1. The standard InChI is InChI=1S/C17H17F3N2O2S/c18-17(19,20)13-3-1-2-12(6-13)7-14-8-21-16(25-14)22-15(23)10-24-9-11-4-5-11/h1-3,6,8,11H,4-5,7,9-10H2,(H,21,22,23). The van der Waals surface area contributed by atoms with Crippen molar-refractivity contribution in [3.63, 3.8) is 0 Å². The Morgan fingerprint density at radius 3 is 2.88 bits per heavy atom. The summed E-state index contributed by atoms with van der Waals surface area (Å²) in [5.41, 5.74) is -0.125. The monoisotopic (exact) mass is 370 g/mol. The van der Waals surface area contributed by atoms with Crippen molar-refractivity contribution in [2.75, 3.05) is 18.5 Å². The first-order valence-corrected chi connectivity index (χ1v) is 8.70. The minimum Gasteiger partial charge on any atom is -0.371 e. The summed E-state index contributed by atoms with van der Waals surface area (Å²) in [6.45, 7) is 0.588. The molecular weight excluding hydrogens is 353 g/mol. The summed E-state index contributed by atoms with van der Waals surface area (Å²) in [4.78, 5) is 16.6. The highest BCUT2D eigenvalue weighted by Crippen LogP contribution is 2.31. The number of anilines is 1. The number of hydrogen-bond donors (Lipinski definition) is 1. The summed E-state index contributed by atoms with van der Waals surface area (Å²) in [5.74, 6) is 0.312. The van der Waals surface area contributed by atoms with Gasteiger partial charge in [0.1, 0.15) is 6.61 Å². The van der Waals surface area contributed by atoms with Gasteiger partial charge in [-0.15, -0.1) is 11.3 Å². The zero-order chi connectivity index (χ0) is 17.9. The Labute approximate surface area is 147 Å². The second kappa shape index (κ2) is 7.53. The summed E-state index contributed by atoms with van der Waals surface area (Å²) in [6, 6.07) is 5.20. The van der Waals surface area contributed by atoms with E-state index in [9.17, 15) is 18.0 Å². The molecule has 134 valence electrons. The average Bonchev–Trinajstić information content (AvgIpc) is 3.27. The van der Waals surface area contributed by atoms with E-state index in [2.05, 4.69) is 10.3 Å². The summed E-state index contributed by atoms with van der Waals surface area (Å²) < 4.78 is 43.5. The predicted molar refractivity (Wildman–Crippen MR) is 88.5 cm³/mol. The first kappa shape index (κ1) is 17.9. The molecule has 1 amide bonds. The molecule has 1 N–H and O–H groups in total. The molecule has 1 aliphatic carbocycles. The maximum absolute atomic E-state index is 12.7. The average molecular weight is 370 g/mol. The summed E-state index contributed by atoms with van der Waals surface area (Å²) in [6.07, 6.45) is -0.148. The van der Waals surface area contributed by atoms with Gasteiger partial charge in [0.15, 0.2) is 5.13 Å². The second-order valence-electron chi connectivity index (χ2n) is 6.01. The number of alkyl halides is 3. The van der Waals surface area contributed by atoms with Crippen molar-refractivity contribution < 1.29 is 22.7 Å². The molecule has 8 heteroatoms. The van der Waals surface area contributed by atoms with E-state index >= 15 is 0 Å². The van der Waals surface area contributed by atoms with Crippen molar-refractivity contribution in [3.05, 3.63) is 46.5 Å². The topological polar surface area (TPSA) is 51.2 Å². The Balaban J connectivity index is 1.53. The van der Waals surface area contributed by atoms with Crippen LogP contribution in [0.1, 0.15) is 28.8 Å². The van der Waals surface area contributed by atoms with Crippen LogP contribution in [0.5, 0.6) is 0 Å². The van der Waals surface area contributed by atoms with Gasteiger partial charge in [-0.25, -0.2) is 4.98 Å². The van der Waals surface area contributed by atoms with E-state index in [4.69, 9.17) is 4.74 Å². The molecule has 0 spiro atoms. The highest BCUT2D eigenvalue weighted by Gasteiger charge is 2.30. The minimum atomic E-state index is -4.36. The summed E-state index contributed by atoms with van der Waals surface area (Å²) in [7, 11) is 0. The van der Waals surface area contributed by atoms with E-state index in [-0.39, 0.29) is 12.5 Å². The van der Waals surface area contributed by atoms with Crippen LogP contribution in [0, 0.1) is 5.92 Å². The number of rotatable bonds is 7. The lowest BCUT2D eigenvalue weighted by Crippen LogP contribution is -2.18. The molecule has 0 saturated heterocycles. The molecule has 0 atom stereocenters.